The first kappa shape index (κ1) is 17.9. The van der Waals surface area contributed by atoms with Gasteiger partial charge in [0.05, 0.1) is 28.2 Å². The number of amides is 1. The first-order valence-corrected chi connectivity index (χ1v) is 8.37. The highest BCUT2D eigenvalue weighted by Gasteiger charge is 2.11. The number of hydrogen-bond acceptors (Lipinski definition) is 3. The molecular formula is C20H17ClFN3O. The zero-order valence-electron chi connectivity index (χ0n) is 14.3. The van der Waals surface area contributed by atoms with Gasteiger partial charge in [-0.3, -0.25) is 4.79 Å². The molecule has 1 heterocycles. The van der Waals surface area contributed by atoms with E-state index in [0.717, 1.165) is 16.8 Å². The van der Waals surface area contributed by atoms with Crippen molar-refractivity contribution in [3.8, 4) is 0 Å². The van der Waals surface area contributed by atoms with E-state index in [1.165, 1.54) is 24.4 Å². The van der Waals surface area contributed by atoms with E-state index in [1.54, 1.807) is 18.2 Å². The molecule has 2 aromatic carbocycles. The molecule has 0 saturated heterocycles. The standard InChI is InChI=1S/C20H17ClFN3O/c1-12-9-13(2)19(16(21)10-12)25-18-8-7-14(11-23-18)24-20(26)15-5-3-4-6-17(15)22/h3-11H,1-2H3,(H,23,25)(H,24,26). The highest BCUT2D eigenvalue weighted by Crippen LogP contribution is 2.29. The van der Waals surface area contributed by atoms with Crippen LogP contribution in [0.2, 0.25) is 5.02 Å². The number of nitrogens with one attached hydrogen (secondary N) is 2. The summed E-state index contributed by atoms with van der Waals surface area (Å²) < 4.78 is 13.7. The second kappa shape index (κ2) is 7.54. The third-order valence-corrected chi connectivity index (χ3v) is 4.12. The molecule has 0 unspecified atom stereocenters. The quantitative estimate of drug-likeness (QED) is 0.639. The number of benzene rings is 2. The molecule has 26 heavy (non-hydrogen) atoms. The van der Waals surface area contributed by atoms with Crippen LogP contribution in [-0.2, 0) is 0 Å². The molecule has 0 bridgehead atoms. The van der Waals surface area contributed by atoms with Crippen molar-refractivity contribution in [2.75, 3.05) is 10.6 Å². The number of halogens is 2. The molecule has 6 heteroatoms. The van der Waals surface area contributed by atoms with Gasteiger partial charge in [-0.25, -0.2) is 9.37 Å². The third kappa shape index (κ3) is 4.00. The summed E-state index contributed by atoms with van der Waals surface area (Å²) in [5.74, 6) is -0.508. The first-order valence-electron chi connectivity index (χ1n) is 8.00. The molecule has 3 aromatic rings. The minimum absolute atomic E-state index is 0.0169. The molecule has 0 saturated carbocycles. The van der Waals surface area contributed by atoms with Crippen molar-refractivity contribution in [1.29, 1.82) is 0 Å². The molecule has 2 N–H and O–H groups in total. The fourth-order valence-electron chi connectivity index (χ4n) is 2.59. The Kier molecular flexibility index (Phi) is 5.19. The smallest absolute Gasteiger partial charge is 0.258 e. The Bertz CT molecular complexity index is 935. The van der Waals surface area contributed by atoms with Crippen LogP contribution in [0.3, 0.4) is 0 Å². The van der Waals surface area contributed by atoms with Crippen LogP contribution in [0.5, 0.6) is 0 Å². The van der Waals surface area contributed by atoms with Crippen molar-refractivity contribution in [2.24, 2.45) is 0 Å². The molecule has 0 aliphatic heterocycles. The van der Waals surface area contributed by atoms with Crippen LogP contribution in [0.15, 0.2) is 54.7 Å². The summed E-state index contributed by atoms with van der Waals surface area (Å²) >= 11 is 6.28. The maximum atomic E-state index is 13.7. The number of carbonyl (C=O) groups is 1. The number of pyridine rings is 1. The van der Waals surface area contributed by atoms with E-state index in [1.807, 2.05) is 26.0 Å². The summed E-state index contributed by atoms with van der Waals surface area (Å²) in [5.41, 5.74) is 3.33. The zero-order valence-corrected chi connectivity index (χ0v) is 15.1. The second-order valence-corrected chi connectivity index (χ2v) is 6.34. The minimum atomic E-state index is -0.569. The van der Waals surface area contributed by atoms with Crippen LogP contribution >= 0.6 is 11.6 Å². The summed E-state index contributed by atoms with van der Waals surface area (Å²) in [6.45, 7) is 3.94. The second-order valence-electron chi connectivity index (χ2n) is 5.93. The number of hydrogen-bond donors (Lipinski definition) is 2. The topological polar surface area (TPSA) is 54.0 Å². The predicted molar refractivity (Wildman–Crippen MR) is 103 cm³/mol. The number of carbonyl (C=O) groups excluding carboxylic acids is 1. The van der Waals surface area contributed by atoms with Gasteiger partial charge in [-0.15, -0.1) is 0 Å². The molecule has 4 nitrogen and oxygen atoms in total. The number of nitrogens with zero attached hydrogens (tertiary/aromatic N) is 1. The van der Waals surface area contributed by atoms with Crippen LogP contribution in [0.1, 0.15) is 21.5 Å². The van der Waals surface area contributed by atoms with E-state index in [-0.39, 0.29) is 5.56 Å². The fraction of sp³-hybridized carbons (Fsp3) is 0.100. The summed E-state index contributed by atoms with van der Waals surface area (Å²) in [6, 6.07) is 13.1. The lowest BCUT2D eigenvalue weighted by Crippen LogP contribution is -2.13. The van der Waals surface area contributed by atoms with Gasteiger partial charge in [-0.2, -0.15) is 0 Å². The Morgan fingerprint density at radius 2 is 1.88 bits per heavy atom. The van der Waals surface area contributed by atoms with Gasteiger partial charge in [0.1, 0.15) is 11.6 Å². The average Bonchev–Trinajstić information content (AvgIpc) is 2.60. The Morgan fingerprint density at radius 3 is 2.54 bits per heavy atom. The molecule has 0 aliphatic rings. The van der Waals surface area contributed by atoms with E-state index in [9.17, 15) is 9.18 Å². The van der Waals surface area contributed by atoms with Gasteiger partial charge in [0.2, 0.25) is 0 Å². The van der Waals surface area contributed by atoms with Gasteiger partial charge in [0, 0.05) is 0 Å². The maximum Gasteiger partial charge on any atom is 0.258 e. The molecule has 0 atom stereocenters. The first-order chi connectivity index (χ1) is 12.4. The lowest BCUT2D eigenvalue weighted by atomic mass is 10.1. The Morgan fingerprint density at radius 1 is 1.12 bits per heavy atom. The summed E-state index contributed by atoms with van der Waals surface area (Å²) in [4.78, 5) is 16.4. The molecule has 0 fully saturated rings. The molecule has 0 spiro atoms. The van der Waals surface area contributed by atoms with Crippen molar-refractivity contribution in [3.05, 3.63) is 82.3 Å². The fourth-order valence-corrected chi connectivity index (χ4v) is 2.96. The van der Waals surface area contributed by atoms with Gasteiger partial charge >= 0.3 is 0 Å². The normalized spacial score (nSPS) is 10.5. The van der Waals surface area contributed by atoms with Gasteiger partial charge in [-0.05, 0) is 55.3 Å². The zero-order chi connectivity index (χ0) is 18.7. The van der Waals surface area contributed by atoms with E-state index < -0.39 is 11.7 Å². The van der Waals surface area contributed by atoms with E-state index in [4.69, 9.17) is 11.6 Å². The van der Waals surface area contributed by atoms with Crippen LogP contribution in [-0.4, -0.2) is 10.9 Å². The van der Waals surface area contributed by atoms with Crippen molar-refractivity contribution in [3.63, 3.8) is 0 Å². The SMILES string of the molecule is Cc1cc(C)c(Nc2ccc(NC(=O)c3ccccc3F)cn2)c(Cl)c1. The van der Waals surface area contributed by atoms with Gasteiger partial charge in [0.25, 0.3) is 5.91 Å². The van der Waals surface area contributed by atoms with Crippen molar-refractivity contribution >= 4 is 34.7 Å². The van der Waals surface area contributed by atoms with Crippen LogP contribution in [0, 0.1) is 19.7 Å². The maximum absolute atomic E-state index is 13.7. The summed E-state index contributed by atoms with van der Waals surface area (Å²) in [5, 5.41) is 6.41. The van der Waals surface area contributed by atoms with E-state index in [0.29, 0.717) is 16.5 Å². The monoisotopic (exact) mass is 369 g/mol. The Balaban J connectivity index is 1.73. The number of aryl methyl sites for hydroxylation is 2. The van der Waals surface area contributed by atoms with Crippen molar-refractivity contribution in [2.45, 2.75) is 13.8 Å². The third-order valence-electron chi connectivity index (χ3n) is 3.82. The lowest BCUT2D eigenvalue weighted by molar-refractivity contribution is 0.102. The molecular weight excluding hydrogens is 353 g/mol. The molecule has 1 amide bonds. The number of aromatic nitrogens is 1. The Labute approximate surface area is 156 Å². The molecule has 1 aromatic heterocycles. The highest BCUT2D eigenvalue weighted by atomic mass is 35.5. The molecule has 0 radical (unpaired) electrons. The molecule has 3 rings (SSSR count). The average molecular weight is 370 g/mol. The molecule has 0 aliphatic carbocycles. The minimum Gasteiger partial charge on any atom is -0.339 e. The van der Waals surface area contributed by atoms with Gasteiger partial charge in [-0.1, -0.05) is 29.8 Å². The molecule has 132 valence electrons. The van der Waals surface area contributed by atoms with Crippen molar-refractivity contribution < 1.29 is 9.18 Å². The van der Waals surface area contributed by atoms with Crippen LogP contribution < -0.4 is 10.6 Å². The summed E-state index contributed by atoms with van der Waals surface area (Å²) in [6.07, 6.45) is 1.50. The largest absolute Gasteiger partial charge is 0.339 e. The van der Waals surface area contributed by atoms with Crippen molar-refractivity contribution in [1.82, 2.24) is 4.98 Å². The van der Waals surface area contributed by atoms with Crippen LogP contribution in [0.25, 0.3) is 0 Å². The highest BCUT2D eigenvalue weighted by molar-refractivity contribution is 6.33. The summed E-state index contributed by atoms with van der Waals surface area (Å²) in [7, 11) is 0. The van der Waals surface area contributed by atoms with E-state index in [2.05, 4.69) is 15.6 Å². The van der Waals surface area contributed by atoms with Gasteiger partial charge in [0.15, 0.2) is 0 Å². The Hall–Kier alpha value is -2.92. The lowest BCUT2D eigenvalue weighted by Gasteiger charge is -2.12. The number of anilines is 3. The number of rotatable bonds is 4. The predicted octanol–water partition coefficient (Wildman–Crippen LogP) is 5.49. The van der Waals surface area contributed by atoms with E-state index >= 15 is 0 Å². The van der Waals surface area contributed by atoms with Crippen LogP contribution in [0.4, 0.5) is 21.6 Å². The van der Waals surface area contributed by atoms with Gasteiger partial charge < -0.3 is 10.6 Å².